The van der Waals surface area contributed by atoms with Crippen molar-refractivity contribution < 1.29 is 43.7 Å². The fourth-order valence-corrected chi connectivity index (χ4v) is 7.44. The molecule has 1 aliphatic heterocycles. The predicted molar refractivity (Wildman–Crippen MR) is 224 cm³/mol. The van der Waals surface area contributed by atoms with Crippen LogP contribution in [-0.2, 0) is 28.7 Å². The summed E-state index contributed by atoms with van der Waals surface area (Å²) in [5.74, 6) is -4.56. The third-order valence-electron chi connectivity index (χ3n) is 10.5. The lowest BCUT2D eigenvalue weighted by molar-refractivity contribution is -0.142. The van der Waals surface area contributed by atoms with Crippen LogP contribution in [0.15, 0.2) is 73.8 Å². The Labute approximate surface area is 350 Å². The van der Waals surface area contributed by atoms with Crippen molar-refractivity contribution >= 4 is 41.7 Å². The number of likely N-dealkylation sites (tertiary alicyclic amines) is 1. The largest absolute Gasteiger partial charge is 0.480 e. The second-order valence-electron chi connectivity index (χ2n) is 15.6. The van der Waals surface area contributed by atoms with Crippen LogP contribution in [0.2, 0.25) is 0 Å². The standard InChI is InChI=1S/C43H58N8O9/c1-5-13-33(50-42(58)60-25-30-28-17-9-7-15-26(28)27-16-8-10-18-29(27)30)39(55)51-24-12-20-35(51)38(54)48-32(21-22-43(3,4)59)37(53)47-31(19-11-23-46-41(44)45)36(52)49-34(14-6-2)40(56)57/h5-10,15-18,30-35,59H,1-2,11-14,19-25H2,3-4H3,(H,47,53)(H,48,54)(H,49,52)(H,50,58)(H,56,57)(H4,44,45,46)/t31-,32-,33-,34-,35?/m0/s1. The summed E-state index contributed by atoms with van der Waals surface area (Å²) in [5, 5.41) is 40.5. The van der Waals surface area contributed by atoms with Crippen LogP contribution < -0.4 is 32.3 Å². The highest BCUT2D eigenvalue weighted by molar-refractivity contribution is 5.96. The molecule has 0 aromatic heterocycles. The summed E-state index contributed by atoms with van der Waals surface area (Å²) in [6.07, 6.45) is 2.95. The molecule has 4 rings (SSSR count). The second kappa shape index (κ2) is 21.7. The van der Waals surface area contributed by atoms with E-state index in [9.17, 15) is 39.0 Å². The van der Waals surface area contributed by atoms with Crippen LogP contribution in [0.3, 0.4) is 0 Å². The van der Waals surface area contributed by atoms with Gasteiger partial charge in [-0.3, -0.25) is 24.6 Å². The van der Waals surface area contributed by atoms with Crippen LogP contribution >= 0.6 is 0 Å². The summed E-state index contributed by atoms with van der Waals surface area (Å²) in [4.78, 5) is 81.6. The average molecular weight is 831 g/mol. The van der Waals surface area contributed by atoms with Crippen LogP contribution in [0.4, 0.5) is 4.79 Å². The van der Waals surface area contributed by atoms with Crippen molar-refractivity contribution in [3.05, 3.63) is 85.0 Å². The van der Waals surface area contributed by atoms with Crippen molar-refractivity contribution in [1.29, 1.82) is 5.41 Å². The third-order valence-corrected chi connectivity index (χ3v) is 10.5. The van der Waals surface area contributed by atoms with Gasteiger partial charge in [-0.05, 0) is 87.5 Å². The number of nitrogens with one attached hydrogen (secondary N) is 6. The molecule has 1 unspecified atom stereocenters. The number of carboxylic acid groups (broad SMARTS) is 1. The first-order valence-corrected chi connectivity index (χ1v) is 20.1. The molecule has 60 heavy (non-hydrogen) atoms. The molecule has 1 heterocycles. The van der Waals surface area contributed by atoms with E-state index in [4.69, 9.17) is 15.9 Å². The highest BCUT2D eigenvalue weighted by Gasteiger charge is 2.40. The quantitative estimate of drug-likeness (QED) is 0.0360. The molecule has 17 heteroatoms. The number of fused-ring (bicyclic) bond motifs is 3. The number of nitrogens with two attached hydrogens (primary N) is 1. The number of carboxylic acids is 1. The zero-order valence-corrected chi connectivity index (χ0v) is 34.2. The zero-order valence-electron chi connectivity index (χ0n) is 34.2. The number of alkyl carbamates (subject to hydrolysis) is 1. The topological polar surface area (TPSA) is 265 Å². The first-order valence-electron chi connectivity index (χ1n) is 20.1. The number of benzene rings is 2. The summed E-state index contributed by atoms with van der Waals surface area (Å²) in [6.45, 7) is 10.7. The Morgan fingerprint density at radius 3 is 2.02 bits per heavy atom. The Kier molecular flexibility index (Phi) is 16.8. The molecule has 5 amide bonds. The lowest BCUT2D eigenvalue weighted by Crippen LogP contribution is -2.58. The van der Waals surface area contributed by atoms with Crippen LogP contribution in [-0.4, -0.2) is 112 Å². The maximum atomic E-state index is 14.0. The lowest BCUT2D eigenvalue weighted by Gasteiger charge is -2.30. The molecule has 2 aromatic carbocycles. The smallest absolute Gasteiger partial charge is 0.407 e. The molecule has 0 saturated carbocycles. The van der Waals surface area contributed by atoms with Gasteiger partial charge in [-0.25, -0.2) is 9.59 Å². The molecule has 1 saturated heterocycles. The minimum Gasteiger partial charge on any atom is -0.480 e. The van der Waals surface area contributed by atoms with Gasteiger partial charge in [0, 0.05) is 19.0 Å². The Bertz CT molecular complexity index is 1870. The number of rotatable bonds is 22. The SMILES string of the molecule is C=CC[C@H](NC(=O)[C@H](CCCNC(=N)N)NC(=O)[C@H](CCC(C)(C)O)NC(=O)C1CCCN1C(=O)[C@H](CC=C)NC(=O)OCC1c2ccccc2-c2ccccc21)C(=O)O. The van der Waals surface area contributed by atoms with E-state index in [-0.39, 0.29) is 76.5 Å². The van der Waals surface area contributed by atoms with Gasteiger partial charge in [0.15, 0.2) is 5.96 Å². The van der Waals surface area contributed by atoms with Gasteiger partial charge < -0.3 is 52.2 Å². The number of nitrogens with zero attached hydrogens (tertiary/aromatic N) is 1. The van der Waals surface area contributed by atoms with Crippen molar-refractivity contribution in [3.63, 3.8) is 0 Å². The maximum absolute atomic E-state index is 14.0. The Balaban J connectivity index is 1.45. The van der Waals surface area contributed by atoms with Crippen molar-refractivity contribution in [3.8, 4) is 11.1 Å². The number of ether oxygens (including phenoxy) is 1. The van der Waals surface area contributed by atoms with Gasteiger partial charge in [-0.15, -0.1) is 13.2 Å². The second-order valence-corrected chi connectivity index (χ2v) is 15.6. The highest BCUT2D eigenvalue weighted by atomic mass is 16.5. The van der Waals surface area contributed by atoms with E-state index in [1.807, 2.05) is 48.5 Å². The van der Waals surface area contributed by atoms with E-state index < -0.39 is 71.5 Å². The minimum absolute atomic E-state index is 0.0106. The monoisotopic (exact) mass is 830 g/mol. The minimum atomic E-state index is -1.31. The van der Waals surface area contributed by atoms with E-state index in [0.717, 1.165) is 22.3 Å². The van der Waals surface area contributed by atoms with E-state index in [1.54, 1.807) is 0 Å². The summed E-state index contributed by atoms with van der Waals surface area (Å²) < 4.78 is 5.69. The van der Waals surface area contributed by atoms with Crippen LogP contribution in [0.1, 0.15) is 82.3 Å². The number of carbonyl (C=O) groups is 6. The fourth-order valence-electron chi connectivity index (χ4n) is 7.44. The van der Waals surface area contributed by atoms with Gasteiger partial charge in [0.2, 0.25) is 23.6 Å². The molecular weight excluding hydrogens is 773 g/mol. The molecular formula is C43H58N8O9. The van der Waals surface area contributed by atoms with Gasteiger partial charge in [-0.1, -0.05) is 60.7 Å². The number of hydrogen-bond acceptors (Lipinski definition) is 9. The first-order chi connectivity index (χ1) is 28.5. The van der Waals surface area contributed by atoms with Crippen LogP contribution in [0, 0.1) is 5.41 Å². The van der Waals surface area contributed by atoms with E-state index >= 15 is 0 Å². The normalized spacial score (nSPS) is 16.4. The van der Waals surface area contributed by atoms with Gasteiger partial charge in [0.05, 0.1) is 5.60 Å². The number of guanidine groups is 1. The van der Waals surface area contributed by atoms with Gasteiger partial charge in [0.1, 0.15) is 36.8 Å². The average Bonchev–Trinajstić information content (AvgIpc) is 3.82. The molecule has 0 spiro atoms. The number of aliphatic carboxylic acids is 1. The van der Waals surface area contributed by atoms with E-state index in [0.29, 0.717) is 6.42 Å². The molecule has 2 aromatic rings. The molecule has 324 valence electrons. The highest BCUT2D eigenvalue weighted by Crippen LogP contribution is 2.44. The maximum Gasteiger partial charge on any atom is 0.407 e. The molecule has 1 aliphatic carbocycles. The third kappa shape index (κ3) is 12.9. The molecule has 1 fully saturated rings. The molecule has 2 aliphatic rings. The van der Waals surface area contributed by atoms with Crippen molar-refractivity contribution in [2.45, 2.75) is 107 Å². The number of amides is 5. The molecule has 0 radical (unpaired) electrons. The van der Waals surface area contributed by atoms with Crippen LogP contribution in [0.5, 0.6) is 0 Å². The van der Waals surface area contributed by atoms with Crippen molar-refractivity contribution in [2.75, 3.05) is 19.7 Å². The fraction of sp³-hybridized carbons (Fsp3) is 0.465. The summed E-state index contributed by atoms with van der Waals surface area (Å²) >= 11 is 0. The summed E-state index contributed by atoms with van der Waals surface area (Å²) in [7, 11) is 0. The predicted octanol–water partition coefficient (Wildman–Crippen LogP) is 2.39. The van der Waals surface area contributed by atoms with Gasteiger partial charge in [-0.2, -0.15) is 0 Å². The summed E-state index contributed by atoms with van der Waals surface area (Å²) in [5.41, 5.74) is 8.32. The van der Waals surface area contributed by atoms with Gasteiger partial charge in [0.25, 0.3) is 0 Å². The van der Waals surface area contributed by atoms with Crippen LogP contribution in [0.25, 0.3) is 11.1 Å². The van der Waals surface area contributed by atoms with E-state index in [1.165, 1.54) is 30.9 Å². The Morgan fingerprint density at radius 1 is 0.883 bits per heavy atom. The Hall–Kier alpha value is -6.23. The molecule has 10 N–H and O–H groups in total. The molecule has 0 bridgehead atoms. The number of aliphatic hydroxyl groups is 1. The van der Waals surface area contributed by atoms with E-state index in [2.05, 4.69) is 39.7 Å². The zero-order chi connectivity index (χ0) is 44.0. The number of carbonyl (C=O) groups excluding carboxylic acids is 5. The number of hydrogen-bond donors (Lipinski definition) is 9. The molecule has 17 nitrogen and oxygen atoms in total. The van der Waals surface area contributed by atoms with Crippen molar-refractivity contribution in [1.82, 2.24) is 31.5 Å². The first kappa shape index (κ1) is 46.5. The summed E-state index contributed by atoms with van der Waals surface area (Å²) in [6, 6.07) is 9.84. The lowest BCUT2D eigenvalue weighted by atomic mass is 9.98. The Morgan fingerprint density at radius 2 is 1.45 bits per heavy atom. The molecule has 5 atom stereocenters. The van der Waals surface area contributed by atoms with Gasteiger partial charge >= 0.3 is 12.1 Å². The van der Waals surface area contributed by atoms with Crippen molar-refractivity contribution in [2.24, 2.45) is 5.73 Å².